The molecule has 1 unspecified atom stereocenters. The molecule has 1 aliphatic rings. The molecule has 0 spiro atoms. The summed E-state index contributed by atoms with van der Waals surface area (Å²) in [6.07, 6.45) is -4.49. The van der Waals surface area contributed by atoms with E-state index in [-0.39, 0.29) is 12.5 Å². The molecule has 2 aromatic rings. The number of halogens is 3. The van der Waals surface area contributed by atoms with Crippen LogP contribution in [0.25, 0.3) is 0 Å². The minimum atomic E-state index is -4.72. The fraction of sp³-hybridized carbons (Fsp3) is 0.556. The normalized spacial score (nSPS) is 19.9. The first-order chi connectivity index (χ1) is 14.3. The van der Waals surface area contributed by atoms with Crippen molar-refractivity contribution in [2.24, 2.45) is 5.92 Å². The number of aliphatic hydroxyl groups is 2. The van der Waals surface area contributed by atoms with Crippen LogP contribution < -0.4 is 15.5 Å². The zero-order chi connectivity index (χ0) is 23.1. The van der Waals surface area contributed by atoms with Gasteiger partial charge in [0.1, 0.15) is 5.69 Å². The number of carbonyl (C=O) groups is 1. The molecule has 13 heteroatoms. The Kier molecular flexibility index (Phi) is 5.84. The second-order valence-electron chi connectivity index (χ2n) is 7.71. The number of aromatic nitrogens is 4. The molecule has 0 radical (unpaired) electrons. The summed E-state index contributed by atoms with van der Waals surface area (Å²) in [7, 11) is 1.56. The van der Waals surface area contributed by atoms with Crippen molar-refractivity contribution in [3.63, 3.8) is 0 Å². The Hall–Kier alpha value is -2.93. The van der Waals surface area contributed by atoms with Crippen LogP contribution in [-0.2, 0) is 17.9 Å². The van der Waals surface area contributed by atoms with Gasteiger partial charge in [-0.05, 0) is 6.92 Å². The highest BCUT2D eigenvalue weighted by molar-refractivity contribution is 6.05. The summed E-state index contributed by atoms with van der Waals surface area (Å²) in [6, 6.07) is 0. The second-order valence-corrected chi connectivity index (χ2v) is 7.71. The van der Waals surface area contributed by atoms with Crippen LogP contribution in [0.3, 0.4) is 0 Å². The summed E-state index contributed by atoms with van der Waals surface area (Å²) < 4.78 is 38.4. The van der Waals surface area contributed by atoms with Gasteiger partial charge in [0, 0.05) is 31.3 Å². The van der Waals surface area contributed by atoms with E-state index in [1.165, 1.54) is 17.3 Å². The third kappa shape index (κ3) is 4.28. The van der Waals surface area contributed by atoms with Crippen molar-refractivity contribution in [3.8, 4) is 0 Å². The summed E-state index contributed by atoms with van der Waals surface area (Å²) in [5.74, 6) is -0.461. The lowest BCUT2D eigenvalue weighted by atomic mass is 9.94. The highest BCUT2D eigenvalue weighted by atomic mass is 19.4. The van der Waals surface area contributed by atoms with Crippen molar-refractivity contribution in [1.82, 2.24) is 19.7 Å². The van der Waals surface area contributed by atoms with Crippen molar-refractivity contribution >= 4 is 23.4 Å². The van der Waals surface area contributed by atoms with Crippen LogP contribution in [0.5, 0.6) is 0 Å². The molecule has 31 heavy (non-hydrogen) atoms. The lowest BCUT2D eigenvalue weighted by Gasteiger charge is -2.43. The molecule has 1 amide bonds. The van der Waals surface area contributed by atoms with E-state index < -0.39 is 36.4 Å². The maximum atomic E-state index is 12.5. The Morgan fingerprint density at radius 1 is 1.32 bits per heavy atom. The molecule has 0 fully saturated rings. The molecular formula is C18H24F3N7O3. The average molecular weight is 443 g/mol. The third-order valence-electron chi connectivity index (χ3n) is 5.15. The number of likely N-dealkylation sites (N-methyl/N-ethyl adjacent to an activating group) is 1. The highest BCUT2D eigenvalue weighted by Crippen LogP contribution is 2.38. The zero-order valence-electron chi connectivity index (χ0n) is 17.4. The van der Waals surface area contributed by atoms with Crippen molar-refractivity contribution in [2.75, 3.05) is 22.6 Å². The Morgan fingerprint density at radius 3 is 2.61 bits per heavy atom. The molecule has 0 aliphatic carbocycles. The van der Waals surface area contributed by atoms with E-state index in [1.807, 2.05) is 0 Å². The van der Waals surface area contributed by atoms with Crippen molar-refractivity contribution in [3.05, 3.63) is 23.7 Å². The van der Waals surface area contributed by atoms with Crippen LogP contribution >= 0.6 is 0 Å². The Balaban J connectivity index is 1.76. The predicted octanol–water partition coefficient (Wildman–Crippen LogP) is 1.25. The molecule has 2 atom stereocenters. The third-order valence-corrected chi connectivity index (χ3v) is 5.15. The fourth-order valence-corrected chi connectivity index (χ4v) is 3.25. The molecule has 4 N–H and O–H groups in total. The summed E-state index contributed by atoms with van der Waals surface area (Å²) >= 11 is 0. The van der Waals surface area contributed by atoms with E-state index in [9.17, 15) is 23.1 Å². The van der Waals surface area contributed by atoms with Crippen LogP contribution in [0.15, 0.2) is 12.4 Å². The number of alkyl halides is 3. The standard InChI is InChI=1S/C18H24F3N7O3/c1-9(2)17(31)15(30)25-13-10(3)24-16(26-14(13)27(17)4)22-5-11-6-23-28(7-11)8-12(29)18(19,20)21/h6-7,9,12,29,31H,5,8H2,1-4H3,(H,25,30)(H,22,24,26)/t12?,17-/m0/s1. The number of anilines is 3. The lowest BCUT2D eigenvalue weighted by Crippen LogP contribution is -2.62. The largest absolute Gasteiger partial charge is 0.416 e. The number of hydrogen-bond donors (Lipinski definition) is 4. The zero-order valence-corrected chi connectivity index (χ0v) is 17.4. The highest BCUT2D eigenvalue weighted by Gasteiger charge is 2.48. The van der Waals surface area contributed by atoms with Crippen molar-refractivity contribution in [1.29, 1.82) is 0 Å². The minimum Gasteiger partial charge on any atom is -0.382 e. The maximum Gasteiger partial charge on any atom is 0.416 e. The fourth-order valence-electron chi connectivity index (χ4n) is 3.25. The number of carbonyl (C=O) groups excluding carboxylic acids is 1. The molecule has 170 valence electrons. The molecule has 3 heterocycles. The smallest absolute Gasteiger partial charge is 0.382 e. The molecule has 10 nitrogen and oxygen atoms in total. The lowest BCUT2D eigenvalue weighted by molar-refractivity contribution is -0.208. The van der Waals surface area contributed by atoms with E-state index in [0.29, 0.717) is 22.8 Å². The van der Waals surface area contributed by atoms with Gasteiger partial charge in [0.15, 0.2) is 11.9 Å². The van der Waals surface area contributed by atoms with E-state index in [2.05, 4.69) is 25.7 Å². The minimum absolute atomic E-state index is 0.158. The molecule has 3 rings (SSSR count). The van der Waals surface area contributed by atoms with Crippen LogP contribution in [-0.4, -0.2) is 60.9 Å². The quantitative estimate of drug-likeness (QED) is 0.525. The predicted molar refractivity (Wildman–Crippen MR) is 105 cm³/mol. The Labute approximate surface area is 176 Å². The summed E-state index contributed by atoms with van der Waals surface area (Å²) in [4.78, 5) is 22.5. The van der Waals surface area contributed by atoms with Gasteiger partial charge in [0.05, 0.1) is 18.4 Å². The SMILES string of the molecule is Cc1nc(NCc2cnn(CC(O)C(F)(F)F)c2)nc2c1NC(=O)[C@@](O)(C(C)C)N2C. The van der Waals surface area contributed by atoms with Crippen molar-refractivity contribution < 1.29 is 28.2 Å². The first-order valence-electron chi connectivity index (χ1n) is 9.50. The van der Waals surface area contributed by atoms with E-state index in [0.717, 1.165) is 4.68 Å². The van der Waals surface area contributed by atoms with Crippen LogP contribution in [0.2, 0.25) is 0 Å². The van der Waals surface area contributed by atoms with Gasteiger partial charge in [0.25, 0.3) is 5.91 Å². The van der Waals surface area contributed by atoms with Gasteiger partial charge in [-0.15, -0.1) is 0 Å². The molecule has 2 aromatic heterocycles. The number of aliphatic hydroxyl groups excluding tert-OH is 1. The Bertz CT molecular complexity index is 979. The van der Waals surface area contributed by atoms with E-state index in [4.69, 9.17) is 5.11 Å². The van der Waals surface area contributed by atoms with Crippen LogP contribution in [0.4, 0.5) is 30.6 Å². The molecular weight excluding hydrogens is 419 g/mol. The van der Waals surface area contributed by atoms with Crippen molar-refractivity contribution in [2.45, 2.75) is 51.9 Å². The van der Waals surface area contributed by atoms with Gasteiger partial charge in [0.2, 0.25) is 11.7 Å². The van der Waals surface area contributed by atoms with Crippen LogP contribution in [0.1, 0.15) is 25.1 Å². The average Bonchev–Trinajstić information content (AvgIpc) is 3.12. The molecule has 0 aromatic carbocycles. The van der Waals surface area contributed by atoms with Gasteiger partial charge in [-0.2, -0.15) is 23.3 Å². The van der Waals surface area contributed by atoms with Gasteiger partial charge in [-0.3, -0.25) is 9.48 Å². The molecule has 1 aliphatic heterocycles. The maximum absolute atomic E-state index is 12.5. The van der Waals surface area contributed by atoms with Gasteiger partial charge in [-0.1, -0.05) is 13.8 Å². The number of nitrogens with zero attached hydrogens (tertiary/aromatic N) is 5. The first kappa shape index (κ1) is 22.7. The molecule has 0 bridgehead atoms. The van der Waals surface area contributed by atoms with E-state index >= 15 is 0 Å². The van der Waals surface area contributed by atoms with E-state index in [1.54, 1.807) is 27.8 Å². The molecule has 0 saturated carbocycles. The van der Waals surface area contributed by atoms with Gasteiger partial charge in [-0.25, -0.2) is 4.98 Å². The monoisotopic (exact) mass is 443 g/mol. The number of nitrogens with one attached hydrogen (secondary N) is 2. The van der Waals surface area contributed by atoms with Crippen LogP contribution in [0, 0.1) is 12.8 Å². The first-order valence-corrected chi connectivity index (χ1v) is 9.50. The van der Waals surface area contributed by atoms with Gasteiger partial charge < -0.3 is 25.7 Å². The summed E-state index contributed by atoms with van der Waals surface area (Å²) in [5.41, 5.74) is -0.376. The number of aryl methyl sites for hydroxylation is 1. The summed E-state index contributed by atoms with van der Waals surface area (Å²) in [5, 5.41) is 29.4. The topological polar surface area (TPSA) is 128 Å². The number of rotatable bonds is 6. The summed E-state index contributed by atoms with van der Waals surface area (Å²) in [6.45, 7) is 4.54. The second kappa shape index (κ2) is 7.96. The Morgan fingerprint density at radius 2 is 2.00 bits per heavy atom. The number of amides is 1. The number of hydrogen-bond acceptors (Lipinski definition) is 8. The van der Waals surface area contributed by atoms with Gasteiger partial charge >= 0.3 is 6.18 Å². The number of fused-ring (bicyclic) bond motifs is 1. The molecule has 0 saturated heterocycles.